The number of carbonyl (C=O) groups is 2. The lowest BCUT2D eigenvalue weighted by Gasteiger charge is -2.30. The molecule has 0 aliphatic carbocycles. The average Bonchev–Trinajstić information content (AvgIpc) is 3.31. The van der Waals surface area contributed by atoms with Crippen molar-refractivity contribution in [3.05, 3.63) is 60.8 Å². The van der Waals surface area contributed by atoms with Gasteiger partial charge in [0.15, 0.2) is 0 Å². The number of hydrogen-bond acceptors (Lipinski definition) is 7. The van der Waals surface area contributed by atoms with Crippen LogP contribution in [-0.2, 0) is 27.9 Å². The summed E-state index contributed by atoms with van der Waals surface area (Å²) in [6.45, 7) is 6.78. The van der Waals surface area contributed by atoms with Gasteiger partial charge in [0.1, 0.15) is 19.3 Å². The molecule has 3 atom stereocenters. The number of nitrogens with one attached hydrogen (secondary N) is 1. The summed E-state index contributed by atoms with van der Waals surface area (Å²) in [4.78, 5) is 39.8. The summed E-state index contributed by atoms with van der Waals surface area (Å²) >= 11 is 0. The molecule has 0 spiro atoms. The van der Waals surface area contributed by atoms with Gasteiger partial charge >= 0.3 is 5.97 Å². The van der Waals surface area contributed by atoms with E-state index in [1.54, 1.807) is 0 Å². The summed E-state index contributed by atoms with van der Waals surface area (Å²) in [5.74, 6) is -0.575. The summed E-state index contributed by atoms with van der Waals surface area (Å²) in [7, 11) is 1.17. The van der Waals surface area contributed by atoms with Crippen LogP contribution in [-0.4, -0.2) is 69.4 Å². The molecule has 0 aliphatic heterocycles. The first-order valence-corrected chi connectivity index (χ1v) is 30.1. The average molecular weight is 990 g/mol. The minimum absolute atomic E-state index is 0.0279. The molecule has 0 rings (SSSR count). The maximum Gasteiger partial charge on any atom is 0.306 e. The van der Waals surface area contributed by atoms with Crippen molar-refractivity contribution in [3.63, 3.8) is 0 Å². The predicted molar refractivity (Wildman–Crippen MR) is 293 cm³/mol. The SMILES string of the molecule is CCCCC/C=C\C/C=C\C/C=C\C/C=C\CCCCCC(=O)OC(/C=C\CCCCCCCCCCCCC)C(COP(=O)([O-])OCC[N+](C)(C)C)NC(=O)CCCCCCCCCCCCC. The number of nitrogens with zero attached hydrogens (tertiary/aromatic N) is 1. The molecule has 0 saturated carbocycles. The van der Waals surface area contributed by atoms with Gasteiger partial charge in [-0.3, -0.25) is 14.2 Å². The van der Waals surface area contributed by atoms with Crippen molar-refractivity contribution in [1.29, 1.82) is 0 Å². The Bertz CT molecular complexity index is 1370. The number of quaternary nitrogens is 1. The third-order valence-corrected chi connectivity index (χ3v) is 13.4. The third-order valence-electron chi connectivity index (χ3n) is 12.5. The Kier molecular flexibility index (Phi) is 47.7. The number of carbonyl (C=O) groups excluding carboxylic acids is 2. The highest BCUT2D eigenvalue weighted by atomic mass is 31.2. The topological polar surface area (TPSA) is 114 Å². The van der Waals surface area contributed by atoms with Crippen LogP contribution in [0, 0.1) is 0 Å². The lowest BCUT2D eigenvalue weighted by Crippen LogP contribution is -2.47. The fourth-order valence-electron chi connectivity index (χ4n) is 7.97. The number of rotatable bonds is 51. The molecule has 69 heavy (non-hydrogen) atoms. The number of ether oxygens (including phenoxy) is 1. The van der Waals surface area contributed by atoms with E-state index in [4.69, 9.17) is 13.8 Å². The first kappa shape index (κ1) is 66.7. The molecule has 0 bridgehead atoms. The van der Waals surface area contributed by atoms with Gasteiger partial charge < -0.3 is 28.5 Å². The second kappa shape index (κ2) is 49.3. The van der Waals surface area contributed by atoms with E-state index in [1.165, 1.54) is 135 Å². The fourth-order valence-corrected chi connectivity index (χ4v) is 8.70. The Morgan fingerprint density at radius 2 is 0.884 bits per heavy atom. The van der Waals surface area contributed by atoms with E-state index >= 15 is 0 Å². The molecule has 10 heteroatoms. The molecule has 1 amide bonds. The molecular weight excluding hydrogens is 880 g/mol. The maximum absolute atomic E-state index is 13.4. The Morgan fingerprint density at radius 3 is 1.36 bits per heavy atom. The van der Waals surface area contributed by atoms with Gasteiger partial charge in [0.25, 0.3) is 7.82 Å². The quantitative estimate of drug-likeness (QED) is 0.0212. The van der Waals surface area contributed by atoms with E-state index in [1.807, 2.05) is 33.3 Å². The molecule has 0 fully saturated rings. The van der Waals surface area contributed by atoms with Gasteiger partial charge in [0, 0.05) is 12.8 Å². The van der Waals surface area contributed by atoms with Crippen LogP contribution in [0.5, 0.6) is 0 Å². The smallest absolute Gasteiger partial charge is 0.306 e. The van der Waals surface area contributed by atoms with Crippen LogP contribution in [0.1, 0.15) is 252 Å². The van der Waals surface area contributed by atoms with Crippen molar-refractivity contribution in [2.24, 2.45) is 0 Å². The Morgan fingerprint density at radius 1 is 0.507 bits per heavy atom. The van der Waals surface area contributed by atoms with Gasteiger partial charge in [-0.2, -0.15) is 0 Å². The van der Waals surface area contributed by atoms with E-state index in [0.717, 1.165) is 77.0 Å². The normalized spacial score (nSPS) is 14.2. The number of allylic oxidation sites excluding steroid dienone is 9. The number of amides is 1. The van der Waals surface area contributed by atoms with E-state index in [-0.39, 0.29) is 24.9 Å². The van der Waals surface area contributed by atoms with Gasteiger partial charge in [-0.25, -0.2) is 0 Å². The predicted octanol–water partition coefficient (Wildman–Crippen LogP) is 16.5. The Hall–Kier alpha value is -2.29. The summed E-state index contributed by atoms with van der Waals surface area (Å²) in [5.41, 5.74) is 0. The Balaban J connectivity index is 5.40. The zero-order chi connectivity index (χ0) is 50.8. The van der Waals surface area contributed by atoms with Crippen molar-refractivity contribution in [1.82, 2.24) is 5.32 Å². The number of likely N-dealkylation sites (N-methyl/N-ethyl adjacent to an activating group) is 1. The summed E-state index contributed by atoms with van der Waals surface area (Å²) in [6.07, 6.45) is 60.4. The molecule has 0 aromatic rings. The number of phosphoric acid groups is 1. The molecule has 1 N–H and O–H groups in total. The summed E-state index contributed by atoms with van der Waals surface area (Å²) in [6, 6.07) is -0.899. The first-order valence-electron chi connectivity index (χ1n) is 28.6. The molecule has 0 saturated heterocycles. The van der Waals surface area contributed by atoms with E-state index < -0.39 is 26.6 Å². The third kappa shape index (κ3) is 50.4. The molecule has 0 aromatic heterocycles. The Labute approximate surface area is 426 Å². The minimum atomic E-state index is -4.70. The van der Waals surface area contributed by atoms with Gasteiger partial charge in [-0.05, 0) is 76.7 Å². The van der Waals surface area contributed by atoms with Gasteiger partial charge in [0.2, 0.25) is 5.91 Å². The zero-order valence-electron chi connectivity index (χ0n) is 45.8. The molecule has 0 radical (unpaired) electrons. The second-order valence-corrected chi connectivity index (χ2v) is 21.9. The number of unbranched alkanes of at least 4 members (excludes halogenated alkanes) is 27. The number of esters is 1. The first-order chi connectivity index (χ1) is 33.4. The summed E-state index contributed by atoms with van der Waals surface area (Å²) < 4.78 is 30.2. The van der Waals surface area contributed by atoms with Crippen LogP contribution in [0.15, 0.2) is 60.8 Å². The molecule has 0 heterocycles. The minimum Gasteiger partial charge on any atom is -0.756 e. The number of phosphoric ester groups is 1. The van der Waals surface area contributed by atoms with Crippen LogP contribution in [0.25, 0.3) is 0 Å². The lowest BCUT2D eigenvalue weighted by atomic mass is 10.0. The number of hydrogen-bond donors (Lipinski definition) is 1. The van der Waals surface area contributed by atoms with E-state index in [2.05, 4.69) is 74.7 Å². The molecular formula is C59H109N2O7P. The maximum atomic E-state index is 13.4. The summed E-state index contributed by atoms with van der Waals surface area (Å²) in [5, 5.41) is 3.01. The fraction of sp³-hybridized carbons (Fsp3) is 0.797. The largest absolute Gasteiger partial charge is 0.756 e. The van der Waals surface area contributed by atoms with E-state index in [0.29, 0.717) is 23.9 Å². The van der Waals surface area contributed by atoms with Crippen molar-refractivity contribution in [3.8, 4) is 0 Å². The van der Waals surface area contributed by atoms with Crippen LogP contribution in [0.2, 0.25) is 0 Å². The molecule has 0 aliphatic rings. The highest BCUT2D eigenvalue weighted by Crippen LogP contribution is 2.38. The standard InChI is InChI=1S/C59H109N2O7P/c1-7-10-13-16-19-22-25-27-28-29-30-31-32-34-37-40-43-46-49-52-59(63)68-57(50-47-44-41-38-36-33-26-23-20-17-14-11-8-2)56(55-67-69(64,65)66-54-53-61(4,5)6)60-58(62)51-48-45-42-39-35-24-21-18-15-12-9-3/h19,22,27-28,30-31,34,37,47,50,56-57H,7-18,20-21,23-26,29,32-33,35-36,38-46,48-49,51-55H2,1-6H3,(H-,60,62,64,65)/b22-19-,28-27-,31-30-,37-34-,50-47-. The van der Waals surface area contributed by atoms with Crippen LogP contribution < -0.4 is 10.2 Å². The molecule has 3 unspecified atom stereocenters. The van der Waals surface area contributed by atoms with Gasteiger partial charge in [0.05, 0.1) is 33.8 Å². The second-order valence-electron chi connectivity index (χ2n) is 20.4. The van der Waals surface area contributed by atoms with Crippen LogP contribution >= 0.6 is 7.82 Å². The van der Waals surface area contributed by atoms with Crippen molar-refractivity contribution in [2.45, 2.75) is 264 Å². The highest BCUT2D eigenvalue weighted by Gasteiger charge is 2.27. The lowest BCUT2D eigenvalue weighted by molar-refractivity contribution is -0.870. The van der Waals surface area contributed by atoms with Crippen molar-refractivity contribution in [2.75, 3.05) is 40.9 Å². The van der Waals surface area contributed by atoms with Crippen LogP contribution in [0.4, 0.5) is 0 Å². The van der Waals surface area contributed by atoms with Crippen molar-refractivity contribution >= 4 is 19.7 Å². The van der Waals surface area contributed by atoms with Crippen molar-refractivity contribution < 1.29 is 37.3 Å². The zero-order valence-corrected chi connectivity index (χ0v) is 46.7. The molecule has 0 aromatic carbocycles. The monoisotopic (exact) mass is 989 g/mol. The highest BCUT2D eigenvalue weighted by molar-refractivity contribution is 7.45. The van der Waals surface area contributed by atoms with Gasteiger partial charge in [-0.1, -0.05) is 223 Å². The van der Waals surface area contributed by atoms with Crippen LogP contribution in [0.3, 0.4) is 0 Å². The molecule has 9 nitrogen and oxygen atoms in total. The molecule has 402 valence electrons. The van der Waals surface area contributed by atoms with E-state index in [9.17, 15) is 19.0 Å². The van der Waals surface area contributed by atoms with Gasteiger partial charge in [-0.15, -0.1) is 0 Å².